The summed E-state index contributed by atoms with van der Waals surface area (Å²) in [6.45, 7) is 1.69. The fourth-order valence-electron chi connectivity index (χ4n) is 0.105. The third kappa shape index (κ3) is 10.7. The zero-order valence-corrected chi connectivity index (χ0v) is 4.84. The summed E-state index contributed by atoms with van der Waals surface area (Å²) in [6, 6.07) is 0. The van der Waals surface area contributed by atoms with Gasteiger partial charge in [-0.1, -0.05) is 0 Å². The van der Waals surface area contributed by atoms with E-state index in [-0.39, 0.29) is 23.7 Å². The van der Waals surface area contributed by atoms with Gasteiger partial charge in [-0.25, -0.2) is 0 Å². The Balaban J connectivity index is 0. The van der Waals surface area contributed by atoms with Gasteiger partial charge in [0.15, 0.2) is 0 Å². The van der Waals surface area contributed by atoms with E-state index < -0.39 is 5.09 Å². The van der Waals surface area contributed by atoms with Gasteiger partial charge in [0.2, 0.25) is 0 Å². The Kier molecular flexibility index (Phi) is 8.06. The van der Waals surface area contributed by atoms with Crippen molar-refractivity contribution in [2.24, 2.45) is 0 Å². The Morgan fingerprint density at radius 2 is 2.29 bits per heavy atom. The molecule has 0 heterocycles. The van der Waals surface area contributed by atoms with Gasteiger partial charge in [-0.2, -0.15) is 0 Å². The van der Waals surface area contributed by atoms with Crippen molar-refractivity contribution in [1.29, 1.82) is 0 Å². The summed E-state index contributed by atoms with van der Waals surface area (Å²) in [5, 5.41) is 8.36. The Morgan fingerprint density at radius 3 is 2.29 bits per heavy atom. The maximum atomic E-state index is 9.18. The van der Waals surface area contributed by atoms with Gasteiger partial charge in [0, 0.05) is 17.1 Å². The van der Waals surface area contributed by atoms with Crippen molar-refractivity contribution in [3.8, 4) is 0 Å². The topological polar surface area (TPSA) is 52.4 Å². The van der Waals surface area contributed by atoms with Crippen LogP contribution in [0.25, 0.3) is 0 Å². The normalized spacial score (nSPS) is 6.43. The Labute approximate surface area is 51.4 Å². The Bertz CT molecular complexity index is 56.9. The molecule has 0 bridgehead atoms. The van der Waals surface area contributed by atoms with Crippen LogP contribution in [-0.4, -0.2) is 11.7 Å². The van der Waals surface area contributed by atoms with E-state index in [0.29, 0.717) is 0 Å². The van der Waals surface area contributed by atoms with Crippen molar-refractivity contribution in [3.05, 3.63) is 10.1 Å². The molecule has 0 aliphatic heterocycles. The van der Waals surface area contributed by atoms with Crippen molar-refractivity contribution in [2.75, 3.05) is 6.61 Å². The molecule has 0 saturated heterocycles. The molecule has 0 fully saturated rings. The SMILES string of the molecule is CCO[N+](=O)[O-].[Fe]. The minimum Gasteiger partial charge on any atom is -0.314 e. The maximum Gasteiger partial charge on any atom is 0.294 e. The smallest absolute Gasteiger partial charge is 0.294 e. The third-order valence-corrected chi connectivity index (χ3v) is 0.235. The molecule has 5 heteroatoms. The molecule has 44 valence electrons. The van der Waals surface area contributed by atoms with Crippen molar-refractivity contribution >= 4 is 0 Å². The number of rotatable bonds is 2. The minimum atomic E-state index is -0.819. The average molecular weight is 147 g/mol. The summed E-state index contributed by atoms with van der Waals surface area (Å²) < 4.78 is 0. The summed E-state index contributed by atoms with van der Waals surface area (Å²) in [4.78, 5) is 12.9. The molecular weight excluding hydrogens is 142 g/mol. The maximum absolute atomic E-state index is 9.18. The molecule has 0 unspecified atom stereocenters. The van der Waals surface area contributed by atoms with Crippen molar-refractivity contribution in [2.45, 2.75) is 6.92 Å². The zero-order valence-electron chi connectivity index (χ0n) is 3.73. The summed E-state index contributed by atoms with van der Waals surface area (Å²) in [6.07, 6.45) is 0. The first-order valence-electron chi connectivity index (χ1n) is 1.54. The van der Waals surface area contributed by atoms with E-state index in [0.717, 1.165) is 0 Å². The van der Waals surface area contributed by atoms with Crippen LogP contribution in [0.15, 0.2) is 0 Å². The van der Waals surface area contributed by atoms with Crippen LogP contribution in [0.1, 0.15) is 6.92 Å². The monoisotopic (exact) mass is 147 g/mol. The molecule has 0 saturated carbocycles. The van der Waals surface area contributed by atoms with Crippen LogP contribution in [0, 0.1) is 10.1 Å². The second kappa shape index (κ2) is 5.72. The van der Waals surface area contributed by atoms with Gasteiger partial charge in [-0.05, 0) is 6.92 Å². The second-order valence-corrected chi connectivity index (χ2v) is 0.641. The van der Waals surface area contributed by atoms with E-state index in [1.807, 2.05) is 0 Å². The molecule has 0 radical (unpaired) electrons. The largest absolute Gasteiger partial charge is 0.314 e. The number of hydrogen-bond donors (Lipinski definition) is 0. The van der Waals surface area contributed by atoms with E-state index in [9.17, 15) is 10.1 Å². The molecule has 0 N–H and O–H groups in total. The van der Waals surface area contributed by atoms with Gasteiger partial charge < -0.3 is 4.84 Å². The average Bonchev–Trinajstić information content (AvgIpc) is 1.35. The number of nitrogens with zero attached hydrogens (tertiary/aromatic N) is 1. The summed E-state index contributed by atoms with van der Waals surface area (Å²) in [7, 11) is 0. The molecule has 7 heavy (non-hydrogen) atoms. The zero-order chi connectivity index (χ0) is 4.99. The van der Waals surface area contributed by atoms with Crippen LogP contribution >= 0.6 is 0 Å². The third-order valence-electron chi connectivity index (χ3n) is 0.235. The van der Waals surface area contributed by atoms with Crippen LogP contribution in [-0.2, 0) is 21.9 Å². The summed E-state index contributed by atoms with van der Waals surface area (Å²) >= 11 is 0. The molecule has 0 rings (SSSR count). The molecule has 0 aliphatic rings. The molecule has 0 aromatic rings. The van der Waals surface area contributed by atoms with Gasteiger partial charge in [0.25, 0.3) is 5.09 Å². The van der Waals surface area contributed by atoms with Gasteiger partial charge in [-0.15, -0.1) is 10.1 Å². The molecule has 0 aliphatic carbocycles. The fourth-order valence-corrected chi connectivity index (χ4v) is 0.105. The van der Waals surface area contributed by atoms with E-state index in [1.165, 1.54) is 0 Å². The van der Waals surface area contributed by atoms with Gasteiger partial charge in [-0.3, -0.25) is 0 Å². The second-order valence-electron chi connectivity index (χ2n) is 0.641. The van der Waals surface area contributed by atoms with Crippen LogP contribution < -0.4 is 0 Å². The van der Waals surface area contributed by atoms with Crippen LogP contribution in [0.3, 0.4) is 0 Å². The van der Waals surface area contributed by atoms with E-state index in [4.69, 9.17) is 0 Å². The summed E-state index contributed by atoms with van der Waals surface area (Å²) in [5.41, 5.74) is 0. The first-order chi connectivity index (χ1) is 2.77. The standard InChI is InChI=1S/C2H5NO3.Fe/c1-2-6-3(4)5;/h2H2,1H3;. The molecule has 0 amide bonds. The molecule has 0 aromatic heterocycles. The molecule has 0 aromatic carbocycles. The predicted octanol–water partition coefficient (Wildman–Crippen LogP) is 0.212. The first kappa shape index (κ1) is 9.87. The number of hydrogen-bond acceptors (Lipinski definition) is 3. The van der Waals surface area contributed by atoms with Crippen LogP contribution in [0.5, 0.6) is 0 Å². The van der Waals surface area contributed by atoms with Gasteiger partial charge >= 0.3 is 0 Å². The van der Waals surface area contributed by atoms with Crippen LogP contribution in [0.2, 0.25) is 0 Å². The minimum absolute atomic E-state index is 0. The quantitative estimate of drug-likeness (QED) is 0.318. The van der Waals surface area contributed by atoms with Gasteiger partial charge in [0.05, 0.1) is 6.61 Å². The Hall–Kier alpha value is -0.281. The molecular formula is C2H5FeNO3. The molecule has 0 atom stereocenters. The van der Waals surface area contributed by atoms with Crippen LogP contribution in [0.4, 0.5) is 0 Å². The Morgan fingerprint density at radius 1 is 1.86 bits per heavy atom. The fraction of sp³-hybridized carbons (Fsp3) is 1.00. The van der Waals surface area contributed by atoms with Crippen molar-refractivity contribution in [1.82, 2.24) is 0 Å². The van der Waals surface area contributed by atoms with Gasteiger partial charge in [0.1, 0.15) is 0 Å². The first-order valence-corrected chi connectivity index (χ1v) is 1.54. The molecule has 4 nitrogen and oxygen atoms in total. The van der Waals surface area contributed by atoms with E-state index >= 15 is 0 Å². The molecule has 0 spiro atoms. The van der Waals surface area contributed by atoms with E-state index in [2.05, 4.69) is 4.84 Å². The van der Waals surface area contributed by atoms with Crippen molar-refractivity contribution < 1.29 is 27.0 Å². The predicted molar refractivity (Wildman–Crippen MR) is 18.6 cm³/mol. The summed E-state index contributed by atoms with van der Waals surface area (Å²) in [5.74, 6) is 0. The van der Waals surface area contributed by atoms with E-state index in [1.54, 1.807) is 6.92 Å². The van der Waals surface area contributed by atoms with Crippen molar-refractivity contribution in [3.63, 3.8) is 0 Å².